The number of nitrogens with zero attached hydrogens (tertiary/aromatic N) is 1. The molecule has 0 atom stereocenters. The van der Waals surface area contributed by atoms with Crippen LogP contribution >= 0.6 is 23.2 Å². The molecule has 0 aliphatic heterocycles. The van der Waals surface area contributed by atoms with Crippen molar-refractivity contribution < 1.29 is 4.79 Å². The van der Waals surface area contributed by atoms with Crippen LogP contribution in [0.15, 0.2) is 39.9 Å². The molecule has 0 radical (unpaired) electrons. The smallest absolute Gasteiger partial charge is 0.265 e. The van der Waals surface area contributed by atoms with Crippen molar-refractivity contribution in [1.29, 1.82) is 0 Å². The molecule has 19 heavy (non-hydrogen) atoms. The third-order valence-corrected chi connectivity index (χ3v) is 2.97. The van der Waals surface area contributed by atoms with Crippen LogP contribution in [0, 0.1) is 0 Å². The highest BCUT2D eigenvalue weighted by Crippen LogP contribution is 2.21. The van der Waals surface area contributed by atoms with Crippen LogP contribution in [0.1, 0.15) is 10.4 Å². The van der Waals surface area contributed by atoms with Gasteiger partial charge in [0.05, 0.1) is 5.02 Å². The SMILES string of the molecule is O=C(Cn1[nH]c(=O)ccc1=O)c1ccc(Cl)cc1Cl. The monoisotopic (exact) mass is 298 g/mol. The summed E-state index contributed by atoms with van der Waals surface area (Å²) in [6, 6.07) is 6.62. The molecule has 0 saturated carbocycles. The summed E-state index contributed by atoms with van der Waals surface area (Å²) in [5.74, 6) is -0.398. The van der Waals surface area contributed by atoms with Gasteiger partial charge in [0.1, 0.15) is 6.54 Å². The van der Waals surface area contributed by atoms with Gasteiger partial charge in [-0.05, 0) is 18.2 Å². The molecule has 1 heterocycles. The van der Waals surface area contributed by atoms with Gasteiger partial charge in [-0.3, -0.25) is 19.5 Å². The fraction of sp³-hybridized carbons (Fsp3) is 0.0833. The zero-order valence-corrected chi connectivity index (χ0v) is 11.0. The number of H-pyrrole nitrogens is 1. The van der Waals surface area contributed by atoms with E-state index in [0.29, 0.717) is 5.02 Å². The Labute approximate surface area is 117 Å². The molecule has 1 N–H and O–H groups in total. The summed E-state index contributed by atoms with van der Waals surface area (Å²) in [5, 5.41) is 2.87. The average molecular weight is 299 g/mol. The minimum atomic E-state index is -0.474. The lowest BCUT2D eigenvalue weighted by Crippen LogP contribution is -2.30. The first-order valence-electron chi connectivity index (χ1n) is 5.26. The van der Waals surface area contributed by atoms with Crippen LogP contribution in [0.3, 0.4) is 0 Å². The largest absolute Gasteiger partial charge is 0.292 e. The van der Waals surface area contributed by atoms with E-state index in [-0.39, 0.29) is 17.1 Å². The molecule has 1 aromatic carbocycles. The molecule has 0 saturated heterocycles. The first-order chi connectivity index (χ1) is 8.97. The molecular formula is C12H8Cl2N2O3. The summed E-state index contributed by atoms with van der Waals surface area (Å²) in [5.41, 5.74) is -0.699. The highest BCUT2D eigenvalue weighted by Gasteiger charge is 2.12. The van der Waals surface area contributed by atoms with Crippen LogP contribution < -0.4 is 11.1 Å². The second-order valence-corrected chi connectivity index (χ2v) is 4.62. The molecule has 2 aromatic rings. The van der Waals surface area contributed by atoms with E-state index in [4.69, 9.17) is 23.2 Å². The summed E-state index contributed by atoms with van der Waals surface area (Å²) in [6.45, 7) is -0.295. The van der Waals surface area contributed by atoms with E-state index in [0.717, 1.165) is 16.8 Å². The molecule has 0 bridgehead atoms. The zero-order valence-electron chi connectivity index (χ0n) is 9.52. The van der Waals surface area contributed by atoms with E-state index in [1.54, 1.807) is 0 Å². The van der Waals surface area contributed by atoms with Crippen molar-refractivity contribution in [3.8, 4) is 0 Å². The minimum absolute atomic E-state index is 0.198. The van der Waals surface area contributed by atoms with Crippen LogP contribution in [0.4, 0.5) is 0 Å². The first-order valence-corrected chi connectivity index (χ1v) is 6.01. The first kappa shape index (κ1) is 13.6. The number of hydrogen-bond acceptors (Lipinski definition) is 3. The molecule has 0 unspecified atom stereocenters. The van der Waals surface area contributed by atoms with Crippen LogP contribution in [0.25, 0.3) is 0 Å². The van der Waals surface area contributed by atoms with Gasteiger partial charge in [-0.15, -0.1) is 0 Å². The van der Waals surface area contributed by atoms with E-state index in [1.165, 1.54) is 18.2 Å². The number of benzene rings is 1. The maximum atomic E-state index is 12.0. The number of rotatable bonds is 3. The van der Waals surface area contributed by atoms with E-state index >= 15 is 0 Å². The molecule has 1 aromatic heterocycles. The van der Waals surface area contributed by atoms with Crippen molar-refractivity contribution in [1.82, 2.24) is 9.78 Å². The van der Waals surface area contributed by atoms with Crippen LogP contribution in [0.5, 0.6) is 0 Å². The molecule has 98 valence electrons. The van der Waals surface area contributed by atoms with Gasteiger partial charge in [0.15, 0.2) is 5.78 Å². The quantitative estimate of drug-likeness (QED) is 0.877. The van der Waals surface area contributed by atoms with Crippen molar-refractivity contribution in [2.75, 3.05) is 0 Å². The number of ketones is 1. The van der Waals surface area contributed by atoms with Crippen LogP contribution in [-0.2, 0) is 6.54 Å². The standard InChI is InChI=1S/C12H8Cl2N2O3/c13-7-1-2-8(9(14)5-7)10(17)6-16-12(19)4-3-11(18)15-16/h1-5H,6H2,(H,15,18). The zero-order chi connectivity index (χ0) is 14.0. The lowest BCUT2D eigenvalue weighted by Gasteiger charge is -2.06. The molecule has 0 fully saturated rings. The normalized spacial score (nSPS) is 10.4. The lowest BCUT2D eigenvalue weighted by atomic mass is 10.1. The van der Waals surface area contributed by atoms with Crippen LogP contribution in [-0.4, -0.2) is 15.6 Å². The molecule has 5 nitrogen and oxygen atoms in total. The van der Waals surface area contributed by atoms with Crippen LogP contribution in [0.2, 0.25) is 10.0 Å². The van der Waals surface area contributed by atoms with E-state index in [2.05, 4.69) is 5.10 Å². The Morgan fingerprint density at radius 3 is 2.58 bits per heavy atom. The number of nitrogens with one attached hydrogen (secondary N) is 1. The van der Waals surface area contributed by atoms with E-state index in [9.17, 15) is 14.4 Å². The summed E-state index contributed by atoms with van der Waals surface area (Å²) in [4.78, 5) is 34.6. The van der Waals surface area contributed by atoms with Gasteiger partial charge in [0.25, 0.3) is 11.1 Å². The second-order valence-electron chi connectivity index (χ2n) is 3.78. The molecule has 0 spiro atoms. The van der Waals surface area contributed by atoms with Gasteiger partial charge in [-0.2, -0.15) is 0 Å². The molecule has 0 aliphatic rings. The maximum absolute atomic E-state index is 12.0. The second kappa shape index (κ2) is 5.42. The van der Waals surface area contributed by atoms with E-state index in [1.807, 2.05) is 0 Å². The third kappa shape index (κ3) is 3.13. The maximum Gasteiger partial charge on any atom is 0.265 e. The number of aromatic nitrogens is 2. The minimum Gasteiger partial charge on any atom is -0.292 e. The Morgan fingerprint density at radius 2 is 1.89 bits per heavy atom. The van der Waals surface area contributed by atoms with Crippen molar-refractivity contribution in [2.24, 2.45) is 0 Å². The third-order valence-electron chi connectivity index (χ3n) is 2.42. The summed E-state index contributed by atoms with van der Waals surface area (Å²) in [6.07, 6.45) is 0. The van der Waals surface area contributed by atoms with Gasteiger partial charge in [-0.25, -0.2) is 4.68 Å². The Bertz CT molecular complexity index is 749. The molecule has 2 rings (SSSR count). The van der Waals surface area contributed by atoms with Gasteiger partial charge < -0.3 is 0 Å². The Balaban J connectivity index is 2.33. The number of carbonyl (C=O) groups excluding carboxylic acids is 1. The average Bonchev–Trinajstić information content (AvgIpc) is 2.33. The summed E-state index contributed by atoms with van der Waals surface area (Å²) in [7, 11) is 0. The molecule has 0 amide bonds. The highest BCUT2D eigenvalue weighted by atomic mass is 35.5. The number of carbonyl (C=O) groups is 1. The highest BCUT2D eigenvalue weighted by molar-refractivity contribution is 6.36. The van der Waals surface area contributed by atoms with Gasteiger partial charge >= 0.3 is 0 Å². The fourth-order valence-corrected chi connectivity index (χ4v) is 2.04. The van der Waals surface area contributed by atoms with Crippen molar-refractivity contribution >= 4 is 29.0 Å². The van der Waals surface area contributed by atoms with Gasteiger partial charge in [0, 0.05) is 22.7 Å². The van der Waals surface area contributed by atoms with Gasteiger partial charge in [0.2, 0.25) is 0 Å². The molecular weight excluding hydrogens is 291 g/mol. The topological polar surface area (TPSA) is 71.9 Å². The summed E-state index contributed by atoms with van der Waals surface area (Å²) >= 11 is 11.6. The Kier molecular flexibility index (Phi) is 3.87. The number of hydrogen-bond donors (Lipinski definition) is 1. The number of halogens is 2. The Morgan fingerprint density at radius 1 is 1.16 bits per heavy atom. The van der Waals surface area contributed by atoms with Crippen molar-refractivity contribution in [3.05, 3.63) is 66.6 Å². The predicted octanol–water partition coefficient (Wildman–Crippen LogP) is 1.73. The molecule has 0 aliphatic carbocycles. The van der Waals surface area contributed by atoms with Crippen molar-refractivity contribution in [3.63, 3.8) is 0 Å². The summed E-state index contributed by atoms with van der Waals surface area (Å²) < 4.78 is 0.926. The molecule has 7 heteroatoms. The number of Topliss-reactive ketones (excluding diaryl/α,β-unsaturated/α-hetero) is 1. The van der Waals surface area contributed by atoms with Crippen molar-refractivity contribution in [2.45, 2.75) is 6.54 Å². The lowest BCUT2D eigenvalue weighted by molar-refractivity contribution is 0.0965. The number of aromatic amines is 1. The van der Waals surface area contributed by atoms with Gasteiger partial charge in [-0.1, -0.05) is 23.2 Å². The predicted molar refractivity (Wildman–Crippen MR) is 72.1 cm³/mol. The van der Waals surface area contributed by atoms with E-state index < -0.39 is 16.9 Å². The fourth-order valence-electron chi connectivity index (χ4n) is 1.52. The Hall–Kier alpha value is -1.85.